The monoisotopic (exact) mass is 380 g/mol. The third-order valence-electron chi connectivity index (χ3n) is 4.89. The minimum Gasteiger partial charge on any atom is -0.370 e. The lowest BCUT2D eigenvalue weighted by molar-refractivity contribution is 0.0395. The summed E-state index contributed by atoms with van der Waals surface area (Å²) in [6.45, 7) is 6.27. The molecule has 6 heteroatoms. The highest BCUT2D eigenvalue weighted by Gasteiger charge is 2.25. The predicted octanol–water partition coefficient (Wildman–Crippen LogP) is 4.39. The van der Waals surface area contributed by atoms with E-state index in [0.717, 1.165) is 52.1 Å². The molecule has 0 bridgehead atoms. The number of rotatable bonds is 3. The van der Waals surface area contributed by atoms with Crippen LogP contribution >= 0.6 is 11.6 Å². The molecular formula is C21H21ClN4O. The fraction of sp³-hybridized carbons (Fsp3) is 0.286. The number of pyridine rings is 1. The maximum atomic E-state index is 6.16. The average Bonchev–Trinajstić information content (AvgIpc) is 2.71. The summed E-state index contributed by atoms with van der Waals surface area (Å²) in [5, 5.41) is 0.724. The molecule has 138 valence electrons. The number of benzene rings is 1. The molecule has 1 saturated heterocycles. The van der Waals surface area contributed by atoms with E-state index in [9.17, 15) is 0 Å². The predicted molar refractivity (Wildman–Crippen MR) is 107 cm³/mol. The van der Waals surface area contributed by atoms with Crippen LogP contribution in [0.5, 0.6) is 0 Å². The second-order valence-electron chi connectivity index (χ2n) is 6.68. The van der Waals surface area contributed by atoms with Crippen LogP contribution in [0.2, 0.25) is 5.02 Å². The number of morpholine rings is 1. The molecule has 0 radical (unpaired) electrons. The Morgan fingerprint density at radius 2 is 1.93 bits per heavy atom. The number of anilines is 1. The highest BCUT2D eigenvalue weighted by atomic mass is 35.5. The molecule has 1 fully saturated rings. The molecule has 27 heavy (non-hydrogen) atoms. The van der Waals surface area contributed by atoms with Crippen molar-refractivity contribution >= 4 is 17.4 Å². The first-order valence-corrected chi connectivity index (χ1v) is 9.37. The van der Waals surface area contributed by atoms with Gasteiger partial charge in [0.15, 0.2) is 5.82 Å². The van der Waals surface area contributed by atoms with Crippen LogP contribution in [-0.2, 0) is 4.74 Å². The number of hydrogen-bond acceptors (Lipinski definition) is 5. The van der Waals surface area contributed by atoms with Crippen molar-refractivity contribution < 1.29 is 4.74 Å². The maximum Gasteiger partial charge on any atom is 0.161 e. The van der Waals surface area contributed by atoms with Crippen LogP contribution in [0.4, 0.5) is 5.82 Å². The van der Waals surface area contributed by atoms with Gasteiger partial charge in [-0.1, -0.05) is 23.7 Å². The van der Waals surface area contributed by atoms with E-state index in [1.807, 2.05) is 37.3 Å². The summed E-state index contributed by atoms with van der Waals surface area (Å²) in [5.74, 6) is 1.69. The van der Waals surface area contributed by atoms with Gasteiger partial charge in [0.2, 0.25) is 0 Å². The molecule has 2 aromatic heterocycles. The second-order valence-corrected chi connectivity index (χ2v) is 7.11. The lowest BCUT2D eigenvalue weighted by atomic mass is 10.1. The smallest absolute Gasteiger partial charge is 0.161 e. The molecule has 0 spiro atoms. The van der Waals surface area contributed by atoms with Crippen molar-refractivity contribution in [3.8, 4) is 11.4 Å². The van der Waals surface area contributed by atoms with Crippen molar-refractivity contribution in [2.75, 3.05) is 24.6 Å². The standard InChI is InChI=1S/C21H21ClN4O/c1-14-15(2)24-20(16-6-8-23-9-7-16)25-21(14)26-10-11-27-19(13-26)17-4-3-5-18(22)12-17/h3-9,12,19H,10-11,13H2,1-2H3. The van der Waals surface area contributed by atoms with Gasteiger partial charge in [-0.25, -0.2) is 9.97 Å². The summed E-state index contributed by atoms with van der Waals surface area (Å²) in [5.41, 5.74) is 4.14. The van der Waals surface area contributed by atoms with Crippen LogP contribution in [-0.4, -0.2) is 34.6 Å². The molecule has 0 N–H and O–H groups in total. The van der Waals surface area contributed by atoms with Crippen LogP contribution < -0.4 is 4.90 Å². The number of nitrogens with zero attached hydrogens (tertiary/aromatic N) is 4. The molecule has 4 rings (SSSR count). The Kier molecular flexibility index (Phi) is 5.05. The van der Waals surface area contributed by atoms with E-state index in [1.54, 1.807) is 12.4 Å². The van der Waals surface area contributed by atoms with Crippen molar-refractivity contribution in [3.63, 3.8) is 0 Å². The van der Waals surface area contributed by atoms with Gasteiger partial charge in [-0.3, -0.25) is 4.98 Å². The van der Waals surface area contributed by atoms with Crippen LogP contribution in [0, 0.1) is 13.8 Å². The number of aryl methyl sites for hydroxylation is 1. The van der Waals surface area contributed by atoms with Crippen molar-refractivity contribution in [2.45, 2.75) is 20.0 Å². The van der Waals surface area contributed by atoms with Gasteiger partial charge in [0.05, 0.1) is 6.61 Å². The quantitative estimate of drug-likeness (QED) is 0.674. The van der Waals surface area contributed by atoms with Crippen LogP contribution in [0.25, 0.3) is 11.4 Å². The van der Waals surface area contributed by atoms with E-state index < -0.39 is 0 Å². The van der Waals surface area contributed by atoms with Gasteiger partial charge >= 0.3 is 0 Å². The van der Waals surface area contributed by atoms with Crippen LogP contribution in [0.15, 0.2) is 48.8 Å². The van der Waals surface area contributed by atoms with E-state index in [4.69, 9.17) is 21.3 Å². The van der Waals surface area contributed by atoms with Gasteiger partial charge in [0, 0.05) is 47.3 Å². The van der Waals surface area contributed by atoms with Crippen LogP contribution in [0.1, 0.15) is 22.9 Å². The molecule has 1 aromatic carbocycles. The van der Waals surface area contributed by atoms with Gasteiger partial charge in [-0.15, -0.1) is 0 Å². The van der Waals surface area contributed by atoms with E-state index in [-0.39, 0.29) is 6.10 Å². The van der Waals surface area contributed by atoms with E-state index in [2.05, 4.69) is 27.9 Å². The summed E-state index contributed by atoms with van der Waals surface area (Å²) in [6.07, 6.45) is 3.49. The third-order valence-corrected chi connectivity index (χ3v) is 5.12. The van der Waals surface area contributed by atoms with Crippen molar-refractivity contribution in [2.24, 2.45) is 0 Å². The maximum absolute atomic E-state index is 6.16. The van der Waals surface area contributed by atoms with E-state index in [1.165, 1.54) is 0 Å². The van der Waals surface area contributed by atoms with E-state index in [0.29, 0.717) is 6.61 Å². The summed E-state index contributed by atoms with van der Waals surface area (Å²) in [4.78, 5) is 15.9. The number of ether oxygens (including phenoxy) is 1. The summed E-state index contributed by atoms with van der Waals surface area (Å²) < 4.78 is 6.00. The van der Waals surface area contributed by atoms with Gasteiger partial charge in [-0.2, -0.15) is 0 Å². The topological polar surface area (TPSA) is 51.1 Å². The molecule has 1 aliphatic heterocycles. The lowest BCUT2D eigenvalue weighted by Gasteiger charge is -2.35. The minimum absolute atomic E-state index is 0.0310. The normalized spacial score (nSPS) is 17.1. The Balaban J connectivity index is 1.67. The molecule has 3 aromatic rings. The number of halogens is 1. The number of hydrogen-bond donors (Lipinski definition) is 0. The molecule has 1 aliphatic rings. The SMILES string of the molecule is Cc1nc(-c2ccncc2)nc(N2CCOC(c3cccc(Cl)c3)C2)c1C. The third kappa shape index (κ3) is 3.80. The zero-order valence-corrected chi connectivity index (χ0v) is 16.1. The van der Waals surface area contributed by atoms with Crippen molar-refractivity contribution in [1.29, 1.82) is 0 Å². The minimum atomic E-state index is -0.0310. The molecule has 0 amide bonds. The van der Waals surface area contributed by atoms with Crippen molar-refractivity contribution in [3.05, 3.63) is 70.6 Å². The Morgan fingerprint density at radius 3 is 2.70 bits per heavy atom. The molecule has 1 atom stereocenters. The lowest BCUT2D eigenvalue weighted by Crippen LogP contribution is -2.39. The second kappa shape index (κ2) is 7.62. The summed E-state index contributed by atoms with van der Waals surface area (Å²) >= 11 is 6.16. The zero-order valence-electron chi connectivity index (χ0n) is 15.4. The molecular weight excluding hydrogens is 360 g/mol. The Labute approximate surface area is 164 Å². The summed E-state index contributed by atoms with van der Waals surface area (Å²) in [7, 11) is 0. The highest BCUT2D eigenvalue weighted by Crippen LogP contribution is 2.30. The fourth-order valence-electron chi connectivity index (χ4n) is 3.30. The Morgan fingerprint density at radius 1 is 1.11 bits per heavy atom. The first-order chi connectivity index (χ1) is 13.1. The average molecular weight is 381 g/mol. The highest BCUT2D eigenvalue weighted by molar-refractivity contribution is 6.30. The number of aromatic nitrogens is 3. The molecule has 1 unspecified atom stereocenters. The van der Waals surface area contributed by atoms with Gasteiger partial charge in [-0.05, 0) is 43.7 Å². The Hall–Kier alpha value is -2.50. The fourth-order valence-corrected chi connectivity index (χ4v) is 3.50. The molecule has 5 nitrogen and oxygen atoms in total. The van der Waals surface area contributed by atoms with Crippen molar-refractivity contribution in [1.82, 2.24) is 15.0 Å². The van der Waals surface area contributed by atoms with Crippen LogP contribution in [0.3, 0.4) is 0 Å². The first-order valence-electron chi connectivity index (χ1n) is 8.99. The van der Waals surface area contributed by atoms with Gasteiger partial charge in [0.1, 0.15) is 11.9 Å². The Bertz CT molecular complexity index is 948. The first kappa shape index (κ1) is 17.9. The largest absolute Gasteiger partial charge is 0.370 e. The zero-order chi connectivity index (χ0) is 18.8. The van der Waals surface area contributed by atoms with E-state index >= 15 is 0 Å². The van der Waals surface area contributed by atoms with Gasteiger partial charge < -0.3 is 9.64 Å². The van der Waals surface area contributed by atoms with Gasteiger partial charge in [0.25, 0.3) is 0 Å². The molecule has 0 saturated carbocycles. The molecule has 0 aliphatic carbocycles. The molecule has 3 heterocycles. The summed E-state index contributed by atoms with van der Waals surface area (Å²) in [6, 6.07) is 11.7.